The van der Waals surface area contributed by atoms with Gasteiger partial charge in [0, 0.05) is 6.54 Å². The largest absolute Gasteiger partial charge is 0.492 e. The molecule has 0 saturated heterocycles. The Bertz CT molecular complexity index is 656. The maximum absolute atomic E-state index is 11.0. The fourth-order valence-corrected chi connectivity index (χ4v) is 2.36. The summed E-state index contributed by atoms with van der Waals surface area (Å²) in [4.78, 5) is 11.0. The van der Waals surface area contributed by atoms with Crippen LogP contribution in [0.1, 0.15) is 12.8 Å². The predicted octanol–water partition coefficient (Wildman–Crippen LogP) is 4.47. The molecule has 1 N–H and O–H groups in total. The number of halogens is 1. The molecule has 0 aliphatic heterocycles. The zero-order chi connectivity index (χ0) is 16.5. The van der Waals surface area contributed by atoms with Crippen molar-refractivity contribution in [1.29, 1.82) is 0 Å². The molecule has 0 spiro atoms. The molecule has 0 aliphatic rings. The minimum atomic E-state index is -0.148. The molecule has 3 nitrogen and oxygen atoms in total. The maximum atomic E-state index is 11.0. The Morgan fingerprint density at radius 2 is 1.91 bits per heavy atom. The first-order valence-corrected chi connectivity index (χ1v) is 7.96. The Kier molecular flexibility index (Phi) is 6.70. The van der Waals surface area contributed by atoms with Crippen LogP contribution < -0.4 is 10.1 Å². The number of hydrogen-bond donors (Lipinski definition) is 1. The van der Waals surface area contributed by atoms with Crippen molar-refractivity contribution in [2.24, 2.45) is 0 Å². The van der Waals surface area contributed by atoms with E-state index in [1.165, 1.54) is 6.08 Å². The molecule has 0 fully saturated rings. The molecule has 23 heavy (non-hydrogen) atoms. The summed E-state index contributed by atoms with van der Waals surface area (Å²) in [6.45, 7) is 4.59. The highest BCUT2D eigenvalue weighted by Gasteiger charge is 2.04. The van der Waals surface area contributed by atoms with Crippen molar-refractivity contribution in [3.63, 3.8) is 0 Å². The smallest absolute Gasteiger partial charge is 0.243 e. The Hall–Kier alpha value is -2.26. The lowest BCUT2D eigenvalue weighted by atomic mass is 10.1. The lowest BCUT2D eigenvalue weighted by molar-refractivity contribution is -0.116. The molecule has 0 atom stereocenters. The van der Waals surface area contributed by atoms with Crippen LogP contribution in [0, 0.1) is 0 Å². The lowest BCUT2D eigenvalue weighted by Crippen LogP contribution is -2.22. The summed E-state index contributed by atoms with van der Waals surface area (Å²) in [5.74, 6) is 0.534. The third-order valence-electron chi connectivity index (χ3n) is 3.35. The van der Waals surface area contributed by atoms with Crippen LogP contribution in [0.15, 0.2) is 61.2 Å². The highest BCUT2D eigenvalue weighted by atomic mass is 35.5. The molecule has 4 heteroatoms. The SMILES string of the molecule is C=CC(=O)NCCCCOc1ccc(-c2ccccc2)cc1Cl. The van der Waals surface area contributed by atoms with E-state index in [2.05, 4.69) is 11.9 Å². The third kappa shape index (κ3) is 5.46. The van der Waals surface area contributed by atoms with E-state index in [4.69, 9.17) is 16.3 Å². The second-order valence-electron chi connectivity index (χ2n) is 5.06. The molecule has 0 aromatic heterocycles. The number of amides is 1. The monoisotopic (exact) mass is 329 g/mol. The average molecular weight is 330 g/mol. The number of carbonyl (C=O) groups is 1. The van der Waals surface area contributed by atoms with Crippen LogP contribution in [0.25, 0.3) is 11.1 Å². The summed E-state index contributed by atoms with van der Waals surface area (Å²) in [7, 11) is 0. The molecule has 120 valence electrons. The summed E-state index contributed by atoms with van der Waals surface area (Å²) in [6.07, 6.45) is 2.96. The van der Waals surface area contributed by atoms with E-state index in [0.717, 1.165) is 24.0 Å². The summed E-state index contributed by atoms with van der Waals surface area (Å²) in [6, 6.07) is 15.9. The van der Waals surface area contributed by atoms with Crippen LogP contribution in [-0.2, 0) is 4.79 Å². The molecule has 2 aromatic rings. The number of rotatable bonds is 8. The highest BCUT2D eigenvalue weighted by molar-refractivity contribution is 6.32. The number of nitrogens with one attached hydrogen (secondary N) is 1. The van der Waals surface area contributed by atoms with Gasteiger partial charge >= 0.3 is 0 Å². The Morgan fingerprint density at radius 1 is 1.13 bits per heavy atom. The second kappa shape index (κ2) is 9.01. The number of hydrogen-bond acceptors (Lipinski definition) is 2. The van der Waals surface area contributed by atoms with Gasteiger partial charge < -0.3 is 10.1 Å². The molecular weight excluding hydrogens is 310 g/mol. The zero-order valence-electron chi connectivity index (χ0n) is 12.9. The standard InChI is InChI=1S/C19H20ClNO2/c1-2-19(22)21-12-6-7-13-23-18-11-10-16(14-17(18)20)15-8-4-3-5-9-15/h2-5,8-11,14H,1,6-7,12-13H2,(H,21,22). The topological polar surface area (TPSA) is 38.3 Å². The molecule has 0 radical (unpaired) electrons. The molecule has 0 bridgehead atoms. The van der Waals surface area contributed by atoms with Gasteiger partial charge in [-0.15, -0.1) is 0 Å². The molecule has 2 rings (SSSR count). The van der Waals surface area contributed by atoms with E-state index in [1.54, 1.807) is 0 Å². The Balaban J connectivity index is 1.80. The van der Waals surface area contributed by atoms with Crippen LogP contribution in [0.4, 0.5) is 0 Å². The van der Waals surface area contributed by atoms with E-state index >= 15 is 0 Å². The van der Waals surface area contributed by atoms with Crippen molar-refractivity contribution >= 4 is 17.5 Å². The first-order chi connectivity index (χ1) is 11.2. The quantitative estimate of drug-likeness (QED) is 0.573. The number of unbranched alkanes of at least 4 members (excludes halogenated alkanes) is 1. The van der Waals surface area contributed by atoms with Gasteiger partial charge in [-0.25, -0.2) is 0 Å². The van der Waals surface area contributed by atoms with Gasteiger partial charge in [-0.05, 0) is 42.2 Å². The number of benzene rings is 2. The summed E-state index contributed by atoms with van der Waals surface area (Å²) in [5, 5.41) is 3.33. The summed E-state index contributed by atoms with van der Waals surface area (Å²) < 4.78 is 5.70. The van der Waals surface area contributed by atoms with Crippen molar-refractivity contribution < 1.29 is 9.53 Å². The van der Waals surface area contributed by atoms with Crippen LogP contribution in [0.2, 0.25) is 5.02 Å². The van der Waals surface area contributed by atoms with E-state index in [0.29, 0.717) is 23.9 Å². The highest BCUT2D eigenvalue weighted by Crippen LogP contribution is 2.30. The van der Waals surface area contributed by atoms with Gasteiger partial charge in [-0.2, -0.15) is 0 Å². The van der Waals surface area contributed by atoms with Gasteiger partial charge in [0.15, 0.2) is 0 Å². The van der Waals surface area contributed by atoms with E-state index < -0.39 is 0 Å². The van der Waals surface area contributed by atoms with Crippen molar-refractivity contribution in [3.05, 3.63) is 66.2 Å². The number of carbonyl (C=O) groups excluding carboxylic acids is 1. The Morgan fingerprint density at radius 3 is 2.61 bits per heavy atom. The van der Waals surface area contributed by atoms with Crippen LogP contribution in [0.3, 0.4) is 0 Å². The predicted molar refractivity (Wildman–Crippen MR) is 94.8 cm³/mol. The minimum Gasteiger partial charge on any atom is -0.492 e. The lowest BCUT2D eigenvalue weighted by Gasteiger charge is -2.10. The van der Waals surface area contributed by atoms with Gasteiger partial charge in [-0.1, -0.05) is 54.6 Å². The molecule has 1 amide bonds. The van der Waals surface area contributed by atoms with Gasteiger partial charge in [0.2, 0.25) is 5.91 Å². The van der Waals surface area contributed by atoms with Crippen LogP contribution >= 0.6 is 11.6 Å². The van der Waals surface area contributed by atoms with Gasteiger partial charge in [-0.3, -0.25) is 4.79 Å². The first kappa shape index (κ1) is 17.1. The first-order valence-electron chi connectivity index (χ1n) is 7.59. The molecular formula is C19H20ClNO2. The van der Waals surface area contributed by atoms with Gasteiger partial charge in [0.05, 0.1) is 11.6 Å². The normalized spacial score (nSPS) is 10.1. The molecule has 0 unspecified atom stereocenters. The van der Waals surface area contributed by atoms with E-state index in [9.17, 15) is 4.79 Å². The van der Waals surface area contributed by atoms with Crippen molar-refractivity contribution in [1.82, 2.24) is 5.32 Å². The molecule has 0 aliphatic carbocycles. The van der Waals surface area contributed by atoms with E-state index in [1.807, 2.05) is 48.5 Å². The minimum absolute atomic E-state index is 0.148. The fraction of sp³-hybridized carbons (Fsp3) is 0.211. The zero-order valence-corrected chi connectivity index (χ0v) is 13.7. The average Bonchev–Trinajstić information content (AvgIpc) is 2.59. The molecule has 0 saturated carbocycles. The Labute approximate surface area is 141 Å². The fourth-order valence-electron chi connectivity index (χ4n) is 2.12. The second-order valence-corrected chi connectivity index (χ2v) is 5.47. The van der Waals surface area contributed by atoms with Crippen LogP contribution in [-0.4, -0.2) is 19.1 Å². The van der Waals surface area contributed by atoms with Crippen molar-refractivity contribution in [3.8, 4) is 16.9 Å². The molecule has 0 heterocycles. The van der Waals surface area contributed by atoms with Crippen LogP contribution in [0.5, 0.6) is 5.75 Å². The van der Waals surface area contributed by atoms with Crippen molar-refractivity contribution in [2.45, 2.75) is 12.8 Å². The van der Waals surface area contributed by atoms with Gasteiger partial charge in [0.25, 0.3) is 0 Å². The summed E-state index contributed by atoms with van der Waals surface area (Å²) in [5.41, 5.74) is 2.19. The van der Waals surface area contributed by atoms with Crippen molar-refractivity contribution in [2.75, 3.05) is 13.2 Å². The molecule has 2 aromatic carbocycles. The van der Waals surface area contributed by atoms with E-state index in [-0.39, 0.29) is 5.91 Å². The third-order valence-corrected chi connectivity index (χ3v) is 3.65. The van der Waals surface area contributed by atoms with Gasteiger partial charge in [0.1, 0.15) is 5.75 Å². The maximum Gasteiger partial charge on any atom is 0.243 e. The summed E-state index contributed by atoms with van der Waals surface area (Å²) >= 11 is 6.29. The number of ether oxygens (including phenoxy) is 1.